The molecule has 0 fully saturated rings. The van der Waals surface area contributed by atoms with Gasteiger partial charge in [-0.1, -0.05) is 72.8 Å². The number of nitrogen functional groups attached to an aromatic ring is 1. The quantitative estimate of drug-likeness (QED) is 0.0330. The van der Waals surface area contributed by atoms with Gasteiger partial charge in [-0.05, 0) is 214 Å². The molecule has 8 aromatic rings. The number of benzene rings is 4. The summed E-state index contributed by atoms with van der Waals surface area (Å²) in [5.74, 6) is -1.42. The SMILES string of the molecule is CC(C)N1C(=O)c2ccccc2NS1(=O)=O.CC(C)NC(=O)c1ccccc1N.CC(C)NC(=O)c1ccccc1NS(=O)(=O)O.CC(C)NC(=O)c1ccccc1NS(=O)(=O)O.Cc1ccccn1.Cc1ccccn1.Cc1ccccn1.Cc1ccccn1.O=P(Cl)(Cl)Cl. The highest BCUT2D eigenvalue weighted by Gasteiger charge is 2.37. The molecule has 4 aromatic heterocycles. The Hall–Kier alpha value is -8.57. The standard InChI is InChI=1S/2C10H14N2O4S.C10H12N2O3S.C10H14N2O.4C6H7N.Cl3OP/c2*1-7(2)11-10(13)8-5-3-4-6-9(8)12-17(14,15)16;1-7(2)12-10(13)8-5-3-4-6-9(8)11-16(12,14)15;1-7(2)12-10(13)8-5-3-4-6-9(8)11;4*1-6-4-2-3-5-7-6;1-5(2,3)4/h2*3-7,12H,1-2H3,(H,11,13)(H,14,15,16);3-7,11H,1-2H3;3-7H,11H2,1-2H3,(H,12,13);4*2-5H,1H3;. The first-order valence-electron chi connectivity index (χ1n) is 28.8. The molecule has 0 bridgehead atoms. The van der Waals surface area contributed by atoms with Crippen LogP contribution >= 0.6 is 38.9 Å². The number of anilines is 4. The van der Waals surface area contributed by atoms with Gasteiger partial charge < -0.3 is 21.7 Å². The summed E-state index contributed by atoms with van der Waals surface area (Å²) in [6, 6.07) is 48.6. The number of rotatable bonds is 11. The number of carbonyl (C=O) groups is 4. The van der Waals surface area contributed by atoms with Crippen LogP contribution < -0.4 is 35.9 Å². The molecule has 5 heterocycles. The highest BCUT2D eigenvalue weighted by Crippen LogP contribution is 2.61. The number of aryl methyl sites for hydroxylation is 4. The Labute approximate surface area is 577 Å². The fourth-order valence-electron chi connectivity index (χ4n) is 7.02. The van der Waals surface area contributed by atoms with Crippen LogP contribution in [-0.4, -0.2) is 106 Å². The van der Waals surface area contributed by atoms with E-state index in [1.165, 1.54) is 24.3 Å². The molecule has 1 aliphatic heterocycles. The van der Waals surface area contributed by atoms with Crippen molar-refractivity contribution in [3.63, 3.8) is 0 Å². The lowest BCUT2D eigenvalue weighted by Crippen LogP contribution is -2.48. The van der Waals surface area contributed by atoms with Crippen LogP contribution in [0.2, 0.25) is 0 Å². The van der Waals surface area contributed by atoms with Gasteiger partial charge in [-0.2, -0.15) is 25.3 Å². The van der Waals surface area contributed by atoms with E-state index in [1.807, 2.05) is 130 Å². The Kier molecular flexibility index (Phi) is 38.7. The molecule has 32 heteroatoms. The van der Waals surface area contributed by atoms with Crippen LogP contribution in [0.4, 0.5) is 22.7 Å². The van der Waals surface area contributed by atoms with Gasteiger partial charge in [-0.25, -0.2) is 4.31 Å². The first kappa shape index (κ1) is 85.4. The molecule has 25 nitrogen and oxygen atoms in total. The number of halogens is 3. The summed E-state index contributed by atoms with van der Waals surface area (Å²) in [6.45, 7) is 22.2. The van der Waals surface area contributed by atoms with Crippen molar-refractivity contribution in [3.8, 4) is 0 Å². The average Bonchev–Trinajstić information content (AvgIpc) is 0.769. The van der Waals surface area contributed by atoms with E-state index >= 15 is 0 Å². The topological polar surface area (TPSA) is 381 Å². The normalized spacial score (nSPS) is 11.6. The van der Waals surface area contributed by atoms with Crippen molar-refractivity contribution >= 4 is 116 Å². The van der Waals surface area contributed by atoms with Gasteiger partial charge in [-0.3, -0.25) is 67.0 Å². The molecule has 0 atom stereocenters. The number of hydrogen-bond acceptors (Lipinski definition) is 16. The fraction of sp³-hybridized carbons (Fsp3) is 0.250. The zero-order valence-electron chi connectivity index (χ0n) is 54.8. The van der Waals surface area contributed by atoms with Crippen LogP contribution in [-0.2, 0) is 35.4 Å². The maximum Gasteiger partial charge on any atom is 0.357 e. The van der Waals surface area contributed by atoms with E-state index in [1.54, 1.807) is 133 Å². The number of hydrogen-bond donors (Lipinski definition) is 9. The number of pyridine rings is 4. The fourth-order valence-corrected chi connectivity index (χ4v) is 9.36. The monoisotopic (exact) mass is 1460 g/mol. The molecule has 9 rings (SSSR count). The minimum Gasteiger partial charge on any atom is -0.398 e. The average molecular weight is 1460 g/mol. The van der Waals surface area contributed by atoms with E-state index in [0.717, 1.165) is 27.1 Å². The van der Waals surface area contributed by atoms with E-state index in [-0.39, 0.29) is 46.5 Å². The van der Waals surface area contributed by atoms with Crippen LogP contribution in [0.15, 0.2) is 195 Å². The van der Waals surface area contributed by atoms with Gasteiger partial charge in [0.15, 0.2) is 0 Å². The zero-order chi connectivity index (χ0) is 72.8. The number of fused-ring (bicyclic) bond motifs is 1. The minimum atomic E-state index is -4.39. The maximum absolute atomic E-state index is 12.0. The third-order valence-electron chi connectivity index (χ3n) is 10.9. The summed E-state index contributed by atoms with van der Waals surface area (Å²) >= 11 is 13.8. The second-order valence-corrected chi connectivity index (χ2v) is 31.3. The number of nitrogens with two attached hydrogens (primary N) is 1. The smallest absolute Gasteiger partial charge is 0.357 e. The zero-order valence-corrected chi connectivity index (χ0v) is 60.4. The number of para-hydroxylation sites is 4. The predicted molar refractivity (Wildman–Crippen MR) is 383 cm³/mol. The van der Waals surface area contributed by atoms with Crippen molar-refractivity contribution in [2.45, 2.75) is 107 Å². The molecule has 10 N–H and O–H groups in total. The van der Waals surface area contributed by atoms with Crippen molar-refractivity contribution in [1.82, 2.24) is 40.2 Å². The van der Waals surface area contributed by atoms with Crippen LogP contribution in [0.1, 0.15) is 120 Å². The minimum absolute atomic E-state index is 0.0353. The molecular weight excluding hydrogens is 1380 g/mol. The Morgan fingerprint density at radius 1 is 0.490 bits per heavy atom. The van der Waals surface area contributed by atoms with E-state index in [9.17, 15) is 49.0 Å². The number of nitrogens with one attached hydrogen (secondary N) is 6. The number of amides is 4. The van der Waals surface area contributed by atoms with Crippen LogP contribution in [0.25, 0.3) is 0 Å². The molecule has 1 aliphatic rings. The predicted octanol–water partition coefficient (Wildman–Crippen LogP) is 13.1. The number of nitrogens with zero attached hydrogens (tertiary/aromatic N) is 5. The summed E-state index contributed by atoms with van der Waals surface area (Å²) < 4.78 is 100. The lowest BCUT2D eigenvalue weighted by molar-refractivity contribution is 0.0832. The van der Waals surface area contributed by atoms with Gasteiger partial charge in [0.2, 0.25) is 0 Å². The van der Waals surface area contributed by atoms with Crippen molar-refractivity contribution < 1.29 is 58.1 Å². The van der Waals surface area contributed by atoms with Crippen molar-refractivity contribution in [1.29, 1.82) is 0 Å². The second kappa shape index (κ2) is 43.5. The van der Waals surface area contributed by atoms with Crippen molar-refractivity contribution in [2.75, 3.05) is 19.9 Å². The third-order valence-corrected chi connectivity index (χ3v) is 13.4. The molecule has 0 aliphatic carbocycles. The van der Waals surface area contributed by atoms with Gasteiger partial charge in [0.1, 0.15) is 0 Å². The molecule has 96 heavy (non-hydrogen) atoms. The van der Waals surface area contributed by atoms with E-state index in [2.05, 4.69) is 74.3 Å². The Bertz CT molecular complexity index is 3810. The van der Waals surface area contributed by atoms with Gasteiger partial charge in [0.05, 0.1) is 39.3 Å². The molecule has 4 aromatic carbocycles. The molecule has 0 spiro atoms. The largest absolute Gasteiger partial charge is 0.398 e. The van der Waals surface area contributed by atoms with Gasteiger partial charge in [0.25, 0.3) is 23.6 Å². The lowest BCUT2D eigenvalue weighted by atomic mass is 10.1. The Morgan fingerprint density at radius 3 is 1.04 bits per heavy atom. The molecule has 0 saturated heterocycles. The van der Waals surface area contributed by atoms with Crippen LogP contribution in [0, 0.1) is 27.7 Å². The molecule has 0 radical (unpaired) electrons. The van der Waals surface area contributed by atoms with E-state index < -0.39 is 59.8 Å². The van der Waals surface area contributed by atoms with Gasteiger partial charge in [-0.15, -0.1) is 0 Å². The Balaban J connectivity index is 0.000000556. The Morgan fingerprint density at radius 2 is 0.771 bits per heavy atom. The first-order chi connectivity index (χ1) is 44.7. The van der Waals surface area contributed by atoms with Crippen LogP contribution in [0.3, 0.4) is 0 Å². The van der Waals surface area contributed by atoms with Gasteiger partial charge in [0, 0.05) is 77.4 Å². The maximum atomic E-state index is 12.0. The summed E-state index contributed by atoms with van der Waals surface area (Å²) in [7, 11) is -12.5. The summed E-state index contributed by atoms with van der Waals surface area (Å²) in [5, 5.41) is 4.82. The molecule has 0 unspecified atom stereocenters. The van der Waals surface area contributed by atoms with Crippen LogP contribution in [0.5, 0.6) is 0 Å². The number of aromatic nitrogens is 4. The highest BCUT2D eigenvalue weighted by molar-refractivity contribution is 8.24. The molecular formula is C64H82Cl3N12O13PS3. The molecule has 0 saturated carbocycles. The summed E-state index contributed by atoms with van der Waals surface area (Å²) in [4.78, 5) is 62.9. The lowest BCUT2D eigenvalue weighted by Gasteiger charge is -2.31. The van der Waals surface area contributed by atoms with Crippen molar-refractivity contribution in [2.24, 2.45) is 0 Å². The molecule has 520 valence electrons. The van der Waals surface area contributed by atoms with E-state index in [4.69, 9.17) is 14.8 Å². The van der Waals surface area contributed by atoms with Gasteiger partial charge >= 0.3 is 36.0 Å². The summed E-state index contributed by atoms with van der Waals surface area (Å²) in [6.07, 6.45) is 7.15. The van der Waals surface area contributed by atoms with E-state index in [0.29, 0.717) is 22.5 Å². The number of carbonyl (C=O) groups excluding carboxylic acids is 4. The van der Waals surface area contributed by atoms with Crippen molar-refractivity contribution in [3.05, 3.63) is 240 Å². The third kappa shape index (κ3) is 39.3. The second-order valence-electron chi connectivity index (χ2n) is 20.8. The first-order valence-corrected chi connectivity index (χ1v) is 37.6. The molecule has 4 amide bonds. The highest BCUT2D eigenvalue weighted by atomic mass is 36.0. The summed E-state index contributed by atoms with van der Waals surface area (Å²) in [5.41, 5.74) is 12.1.